The van der Waals surface area contributed by atoms with E-state index >= 15 is 0 Å². The smallest absolute Gasteiger partial charge is 0.307 e. The summed E-state index contributed by atoms with van der Waals surface area (Å²) in [6.45, 7) is 4.11. The minimum atomic E-state index is -0.894. The van der Waals surface area contributed by atoms with Crippen LogP contribution in [0.25, 0.3) is 11.0 Å². The van der Waals surface area contributed by atoms with E-state index in [-0.39, 0.29) is 17.9 Å². The molecule has 0 unspecified atom stereocenters. The molecule has 0 aliphatic heterocycles. The quantitative estimate of drug-likeness (QED) is 0.763. The van der Waals surface area contributed by atoms with Crippen LogP contribution in [-0.4, -0.2) is 27.0 Å². The summed E-state index contributed by atoms with van der Waals surface area (Å²) in [6, 6.07) is 7.48. The SMILES string of the molecule is CC[C@H](C)[C@H](NC(=O)[C@@H]1C[C@@H]1C(=O)O)c1nc2ccccc2[nH]1. The molecule has 1 amide bonds. The number of aromatic nitrogens is 2. The van der Waals surface area contributed by atoms with Crippen LogP contribution in [0.2, 0.25) is 0 Å². The number of benzene rings is 1. The van der Waals surface area contributed by atoms with E-state index in [2.05, 4.69) is 29.1 Å². The van der Waals surface area contributed by atoms with Crippen molar-refractivity contribution < 1.29 is 14.7 Å². The number of nitrogens with zero attached hydrogens (tertiary/aromatic N) is 1. The topological polar surface area (TPSA) is 95.1 Å². The highest BCUT2D eigenvalue weighted by atomic mass is 16.4. The Labute approximate surface area is 134 Å². The van der Waals surface area contributed by atoms with E-state index in [1.165, 1.54) is 0 Å². The average Bonchev–Trinajstić information content (AvgIpc) is 3.24. The first-order valence-electron chi connectivity index (χ1n) is 7.99. The first kappa shape index (κ1) is 15.5. The summed E-state index contributed by atoms with van der Waals surface area (Å²) in [5, 5.41) is 12.0. The Balaban J connectivity index is 1.81. The van der Waals surface area contributed by atoms with E-state index in [0.717, 1.165) is 23.3 Å². The third-order valence-corrected chi connectivity index (χ3v) is 4.66. The first-order chi connectivity index (χ1) is 11.0. The Morgan fingerprint density at radius 3 is 2.74 bits per heavy atom. The lowest BCUT2D eigenvalue weighted by Gasteiger charge is -2.22. The second-order valence-electron chi connectivity index (χ2n) is 6.30. The number of hydrogen-bond acceptors (Lipinski definition) is 3. The number of nitrogens with one attached hydrogen (secondary N) is 2. The van der Waals surface area contributed by atoms with Gasteiger partial charge in [0.2, 0.25) is 5.91 Å². The van der Waals surface area contributed by atoms with Gasteiger partial charge in [0.1, 0.15) is 5.82 Å². The Morgan fingerprint density at radius 1 is 1.39 bits per heavy atom. The van der Waals surface area contributed by atoms with E-state index in [0.29, 0.717) is 6.42 Å². The summed E-state index contributed by atoms with van der Waals surface area (Å²) < 4.78 is 0. The third kappa shape index (κ3) is 3.06. The largest absolute Gasteiger partial charge is 0.481 e. The number of amides is 1. The molecule has 0 saturated heterocycles. The number of rotatable bonds is 6. The zero-order valence-corrected chi connectivity index (χ0v) is 13.2. The van der Waals surface area contributed by atoms with Crippen LogP contribution in [0.15, 0.2) is 24.3 Å². The van der Waals surface area contributed by atoms with Gasteiger partial charge in [0, 0.05) is 0 Å². The Bertz CT molecular complexity index is 707. The van der Waals surface area contributed by atoms with Crippen molar-refractivity contribution in [2.45, 2.75) is 32.7 Å². The Kier molecular flexibility index (Phi) is 4.07. The van der Waals surface area contributed by atoms with E-state index < -0.39 is 17.8 Å². The highest BCUT2D eigenvalue weighted by Gasteiger charge is 2.49. The predicted molar refractivity (Wildman–Crippen MR) is 85.7 cm³/mol. The van der Waals surface area contributed by atoms with E-state index in [4.69, 9.17) is 5.11 Å². The number of hydrogen-bond donors (Lipinski definition) is 3. The number of carboxylic acids is 1. The molecule has 1 aromatic carbocycles. The molecule has 1 saturated carbocycles. The van der Waals surface area contributed by atoms with Gasteiger partial charge in [0.15, 0.2) is 0 Å². The monoisotopic (exact) mass is 315 g/mol. The standard InChI is InChI=1S/C17H21N3O3/c1-3-9(2)14(20-16(21)10-8-11(10)17(22)23)15-18-12-6-4-5-7-13(12)19-15/h4-7,9-11,14H,3,8H2,1-2H3,(H,18,19)(H,20,21)(H,22,23)/t9-,10+,11-,14-/m0/s1. The zero-order valence-electron chi connectivity index (χ0n) is 13.2. The molecule has 1 aromatic heterocycles. The number of aromatic amines is 1. The fourth-order valence-corrected chi connectivity index (χ4v) is 2.85. The third-order valence-electron chi connectivity index (χ3n) is 4.66. The minimum Gasteiger partial charge on any atom is -0.481 e. The molecule has 23 heavy (non-hydrogen) atoms. The lowest BCUT2D eigenvalue weighted by Crippen LogP contribution is -2.35. The molecule has 0 spiro atoms. The number of carbonyl (C=O) groups is 2. The second kappa shape index (κ2) is 6.02. The van der Waals surface area contributed by atoms with Crippen LogP contribution in [0, 0.1) is 17.8 Å². The number of H-pyrrole nitrogens is 1. The Morgan fingerprint density at radius 2 is 2.13 bits per heavy atom. The van der Waals surface area contributed by atoms with Crippen molar-refractivity contribution in [1.29, 1.82) is 0 Å². The minimum absolute atomic E-state index is 0.192. The highest BCUT2D eigenvalue weighted by molar-refractivity contribution is 5.89. The van der Waals surface area contributed by atoms with Gasteiger partial charge < -0.3 is 15.4 Å². The van der Waals surface area contributed by atoms with Gasteiger partial charge in [0.05, 0.1) is 28.9 Å². The number of carboxylic acid groups (broad SMARTS) is 1. The fraction of sp³-hybridized carbons (Fsp3) is 0.471. The number of para-hydroxylation sites is 2. The van der Waals surface area contributed by atoms with Crippen LogP contribution in [-0.2, 0) is 9.59 Å². The van der Waals surface area contributed by atoms with Crippen molar-refractivity contribution in [2.24, 2.45) is 17.8 Å². The number of imidazole rings is 1. The van der Waals surface area contributed by atoms with Crippen LogP contribution in [0.3, 0.4) is 0 Å². The van der Waals surface area contributed by atoms with Gasteiger partial charge >= 0.3 is 5.97 Å². The molecule has 1 fully saturated rings. The molecule has 6 nitrogen and oxygen atoms in total. The molecule has 1 aliphatic carbocycles. The van der Waals surface area contributed by atoms with Gasteiger partial charge in [-0.25, -0.2) is 4.98 Å². The van der Waals surface area contributed by atoms with Gasteiger partial charge in [-0.05, 0) is 24.5 Å². The first-order valence-corrected chi connectivity index (χ1v) is 7.99. The highest BCUT2D eigenvalue weighted by Crippen LogP contribution is 2.39. The lowest BCUT2D eigenvalue weighted by molar-refractivity contribution is -0.140. The van der Waals surface area contributed by atoms with Gasteiger partial charge in [-0.1, -0.05) is 32.4 Å². The molecule has 122 valence electrons. The normalized spacial score (nSPS) is 22.5. The zero-order chi connectivity index (χ0) is 16.6. The summed E-state index contributed by atoms with van der Waals surface area (Å²) in [7, 11) is 0. The second-order valence-corrected chi connectivity index (χ2v) is 6.30. The fourth-order valence-electron chi connectivity index (χ4n) is 2.85. The Hall–Kier alpha value is -2.37. The van der Waals surface area contributed by atoms with Crippen LogP contribution < -0.4 is 5.32 Å². The maximum absolute atomic E-state index is 12.3. The maximum Gasteiger partial charge on any atom is 0.307 e. The summed E-state index contributed by atoms with van der Waals surface area (Å²) in [5.41, 5.74) is 1.79. The van der Waals surface area contributed by atoms with Gasteiger partial charge in [-0.2, -0.15) is 0 Å². The lowest BCUT2D eigenvalue weighted by atomic mass is 9.98. The molecule has 1 heterocycles. The van der Waals surface area contributed by atoms with Crippen LogP contribution in [0.5, 0.6) is 0 Å². The summed E-state index contributed by atoms with van der Waals surface area (Å²) in [4.78, 5) is 31.1. The molecule has 3 rings (SSSR count). The summed E-state index contributed by atoms with van der Waals surface area (Å²) in [5.74, 6) is -1.12. The molecule has 6 heteroatoms. The van der Waals surface area contributed by atoms with Crippen molar-refractivity contribution in [3.63, 3.8) is 0 Å². The van der Waals surface area contributed by atoms with Crippen molar-refractivity contribution >= 4 is 22.9 Å². The number of carbonyl (C=O) groups excluding carboxylic acids is 1. The van der Waals surface area contributed by atoms with Crippen molar-refractivity contribution in [3.8, 4) is 0 Å². The predicted octanol–water partition coefficient (Wildman–Crippen LogP) is 2.49. The molecule has 0 bridgehead atoms. The average molecular weight is 315 g/mol. The van der Waals surface area contributed by atoms with Gasteiger partial charge in [0.25, 0.3) is 0 Å². The summed E-state index contributed by atoms with van der Waals surface area (Å²) >= 11 is 0. The van der Waals surface area contributed by atoms with E-state index in [9.17, 15) is 9.59 Å². The molecule has 2 aromatic rings. The van der Waals surface area contributed by atoms with Crippen LogP contribution in [0.4, 0.5) is 0 Å². The van der Waals surface area contributed by atoms with E-state index in [1.807, 2.05) is 24.3 Å². The molecule has 0 radical (unpaired) electrons. The van der Waals surface area contributed by atoms with Gasteiger partial charge in [-0.3, -0.25) is 9.59 Å². The van der Waals surface area contributed by atoms with Crippen LogP contribution in [0.1, 0.15) is 38.6 Å². The van der Waals surface area contributed by atoms with Crippen molar-refractivity contribution in [3.05, 3.63) is 30.1 Å². The van der Waals surface area contributed by atoms with Crippen molar-refractivity contribution in [2.75, 3.05) is 0 Å². The van der Waals surface area contributed by atoms with Crippen LogP contribution >= 0.6 is 0 Å². The number of fused-ring (bicyclic) bond motifs is 1. The molecule has 4 atom stereocenters. The molecular formula is C17H21N3O3. The number of aliphatic carboxylic acids is 1. The van der Waals surface area contributed by atoms with Crippen molar-refractivity contribution in [1.82, 2.24) is 15.3 Å². The maximum atomic E-state index is 12.3. The molecular weight excluding hydrogens is 294 g/mol. The molecule has 3 N–H and O–H groups in total. The molecule has 1 aliphatic rings. The van der Waals surface area contributed by atoms with Gasteiger partial charge in [-0.15, -0.1) is 0 Å². The summed E-state index contributed by atoms with van der Waals surface area (Å²) in [6.07, 6.45) is 1.31. The van der Waals surface area contributed by atoms with E-state index in [1.54, 1.807) is 0 Å².